The smallest absolute Gasteiger partial charge is 0.324 e. The molecule has 1 atom stereocenters. The number of fused-ring (bicyclic) bond motifs is 1. The molecular formula is C19H23ClN4O3S. The predicted molar refractivity (Wildman–Crippen MR) is 111 cm³/mol. The van der Waals surface area contributed by atoms with E-state index in [4.69, 9.17) is 11.6 Å². The summed E-state index contributed by atoms with van der Waals surface area (Å²) in [6, 6.07) is 4.62. The number of thioether (sulfide) groups is 1. The number of carbonyl (C=O) groups is 2. The standard InChI is InChI=1S/C19H23ClN4O3S/c1-11(2)6-8-24-17(26)14-5-4-13(20)10-15(14)22-19(24)28-12(3)16(25)23-9-7-21-18(23)27/h4-5,10-12H,6-9H2,1-3H3,(H,21,27). The fourth-order valence-electron chi connectivity index (χ4n) is 2.96. The van der Waals surface area contributed by atoms with Gasteiger partial charge in [0.25, 0.3) is 5.56 Å². The number of amides is 3. The van der Waals surface area contributed by atoms with Crippen molar-refractivity contribution in [2.24, 2.45) is 5.92 Å². The zero-order chi connectivity index (χ0) is 20.4. The van der Waals surface area contributed by atoms with Gasteiger partial charge in [-0.2, -0.15) is 0 Å². The minimum absolute atomic E-state index is 0.150. The summed E-state index contributed by atoms with van der Waals surface area (Å²) in [5.74, 6) is 0.119. The molecule has 1 N–H and O–H groups in total. The topological polar surface area (TPSA) is 84.3 Å². The highest BCUT2D eigenvalue weighted by Crippen LogP contribution is 2.26. The van der Waals surface area contributed by atoms with Gasteiger partial charge in [0, 0.05) is 24.7 Å². The van der Waals surface area contributed by atoms with E-state index in [9.17, 15) is 14.4 Å². The van der Waals surface area contributed by atoms with Gasteiger partial charge in [0.2, 0.25) is 5.91 Å². The summed E-state index contributed by atoms with van der Waals surface area (Å²) in [5, 5.41) is 3.52. The highest BCUT2D eigenvalue weighted by atomic mass is 35.5. The molecular weight excluding hydrogens is 400 g/mol. The van der Waals surface area contributed by atoms with Crippen molar-refractivity contribution in [3.05, 3.63) is 33.6 Å². The van der Waals surface area contributed by atoms with Crippen LogP contribution in [0.15, 0.2) is 28.2 Å². The Hall–Kier alpha value is -2.06. The van der Waals surface area contributed by atoms with Crippen LogP contribution in [-0.2, 0) is 11.3 Å². The van der Waals surface area contributed by atoms with Crippen molar-refractivity contribution in [2.75, 3.05) is 13.1 Å². The molecule has 0 saturated carbocycles. The zero-order valence-corrected chi connectivity index (χ0v) is 17.6. The SMILES string of the molecule is CC(C)CCn1c(SC(C)C(=O)N2CCNC2=O)nc2cc(Cl)ccc2c1=O. The van der Waals surface area contributed by atoms with E-state index in [0.717, 1.165) is 6.42 Å². The average molecular weight is 423 g/mol. The van der Waals surface area contributed by atoms with E-state index in [0.29, 0.717) is 46.6 Å². The Bertz CT molecular complexity index is 976. The second kappa shape index (κ2) is 8.53. The van der Waals surface area contributed by atoms with Crippen LogP contribution in [0.1, 0.15) is 27.2 Å². The van der Waals surface area contributed by atoms with E-state index in [1.165, 1.54) is 16.7 Å². The predicted octanol–water partition coefficient (Wildman–Crippen LogP) is 3.13. The van der Waals surface area contributed by atoms with Gasteiger partial charge in [0.15, 0.2) is 5.16 Å². The van der Waals surface area contributed by atoms with Crippen LogP contribution in [0.25, 0.3) is 10.9 Å². The second-order valence-electron chi connectivity index (χ2n) is 7.18. The van der Waals surface area contributed by atoms with Crippen LogP contribution in [0.5, 0.6) is 0 Å². The molecule has 1 unspecified atom stereocenters. The highest BCUT2D eigenvalue weighted by molar-refractivity contribution is 8.00. The molecule has 0 spiro atoms. The molecule has 3 rings (SSSR count). The number of imide groups is 1. The van der Waals surface area contributed by atoms with E-state index in [1.54, 1.807) is 29.7 Å². The molecule has 0 bridgehead atoms. The summed E-state index contributed by atoms with van der Waals surface area (Å²) >= 11 is 7.25. The number of nitrogens with zero attached hydrogens (tertiary/aromatic N) is 3. The van der Waals surface area contributed by atoms with Gasteiger partial charge in [-0.1, -0.05) is 37.2 Å². The molecule has 0 radical (unpaired) electrons. The molecule has 9 heteroatoms. The molecule has 1 aliphatic heterocycles. The first kappa shape index (κ1) is 20.7. The number of aromatic nitrogens is 2. The summed E-state index contributed by atoms with van der Waals surface area (Å²) in [4.78, 5) is 43.3. The molecule has 2 aromatic rings. The number of carbonyl (C=O) groups excluding carboxylic acids is 2. The third-order valence-electron chi connectivity index (χ3n) is 4.57. The Balaban J connectivity index is 1.97. The van der Waals surface area contributed by atoms with Crippen LogP contribution in [0.4, 0.5) is 4.79 Å². The van der Waals surface area contributed by atoms with Gasteiger partial charge in [0.05, 0.1) is 16.2 Å². The molecule has 1 saturated heterocycles. The minimum Gasteiger partial charge on any atom is -0.336 e. The van der Waals surface area contributed by atoms with E-state index in [-0.39, 0.29) is 17.5 Å². The summed E-state index contributed by atoms with van der Waals surface area (Å²) in [5.41, 5.74) is 0.350. The minimum atomic E-state index is -0.558. The fraction of sp³-hybridized carbons (Fsp3) is 0.474. The number of hydrogen-bond acceptors (Lipinski definition) is 5. The molecule has 1 aliphatic rings. The first-order chi connectivity index (χ1) is 13.3. The lowest BCUT2D eigenvalue weighted by molar-refractivity contribution is -0.126. The molecule has 0 aliphatic carbocycles. The molecule has 7 nitrogen and oxygen atoms in total. The van der Waals surface area contributed by atoms with E-state index < -0.39 is 5.25 Å². The van der Waals surface area contributed by atoms with Crippen molar-refractivity contribution in [3.63, 3.8) is 0 Å². The monoisotopic (exact) mass is 422 g/mol. The van der Waals surface area contributed by atoms with Gasteiger partial charge in [-0.05, 0) is 37.5 Å². The molecule has 1 aromatic heterocycles. The van der Waals surface area contributed by atoms with Crippen molar-refractivity contribution in [2.45, 2.75) is 44.1 Å². The first-order valence-corrected chi connectivity index (χ1v) is 10.5. The fourth-order valence-corrected chi connectivity index (χ4v) is 4.12. The van der Waals surface area contributed by atoms with Crippen molar-refractivity contribution in [1.82, 2.24) is 19.8 Å². The Morgan fingerprint density at radius 3 is 2.71 bits per heavy atom. The van der Waals surface area contributed by atoms with Crippen LogP contribution in [0.3, 0.4) is 0 Å². The van der Waals surface area contributed by atoms with Crippen molar-refractivity contribution < 1.29 is 9.59 Å². The Kier molecular flexibility index (Phi) is 6.30. The number of nitrogens with one attached hydrogen (secondary N) is 1. The van der Waals surface area contributed by atoms with Crippen molar-refractivity contribution in [3.8, 4) is 0 Å². The van der Waals surface area contributed by atoms with Gasteiger partial charge in [-0.25, -0.2) is 9.78 Å². The summed E-state index contributed by atoms with van der Waals surface area (Å²) in [6.45, 7) is 7.21. The number of rotatable bonds is 6. The largest absolute Gasteiger partial charge is 0.336 e. The van der Waals surface area contributed by atoms with Crippen molar-refractivity contribution >= 4 is 46.2 Å². The molecule has 3 amide bonds. The quantitative estimate of drug-likeness (QED) is 0.571. The van der Waals surface area contributed by atoms with Gasteiger partial charge in [0.1, 0.15) is 0 Å². The van der Waals surface area contributed by atoms with E-state index in [1.807, 2.05) is 0 Å². The van der Waals surface area contributed by atoms with Gasteiger partial charge < -0.3 is 5.32 Å². The third kappa shape index (κ3) is 4.33. The zero-order valence-electron chi connectivity index (χ0n) is 16.1. The Morgan fingerprint density at radius 2 is 2.07 bits per heavy atom. The first-order valence-electron chi connectivity index (χ1n) is 9.24. The number of urea groups is 1. The lowest BCUT2D eigenvalue weighted by Gasteiger charge is -2.19. The maximum absolute atomic E-state index is 13.0. The molecule has 1 aromatic carbocycles. The van der Waals surface area contributed by atoms with Gasteiger partial charge in [-0.3, -0.25) is 19.1 Å². The average Bonchev–Trinajstić information content (AvgIpc) is 3.06. The van der Waals surface area contributed by atoms with E-state index >= 15 is 0 Å². The highest BCUT2D eigenvalue weighted by Gasteiger charge is 2.31. The molecule has 28 heavy (non-hydrogen) atoms. The van der Waals surface area contributed by atoms with Crippen LogP contribution >= 0.6 is 23.4 Å². The van der Waals surface area contributed by atoms with Crippen molar-refractivity contribution in [1.29, 1.82) is 0 Å². The number of benzene rings is 1. The van der Waals surface area contributed by atoms with Gasteiger partial charge >= 0.3 is 6.03 Å². The van der Waals surface area contributed by atoms with Crippen LogP contribution < -0.4 is 10.9 Å². The normalized spacial score (nSPS) is 15.3. The summed E-state index contributed by atoms with van der Waals surface area (Å²) in [6.07, 6.45) is 0.811. The summed E-state index contributed by atoms with van der Waals surface area (Å²) in [7, 11) is 0. The molecule has 2 heterocycles. The van der Waals surface area contributed by atoms with Crippen LogP contribution in [-0.4, -0.2) is 44.7 Å². The third-order valence-corrected chi connectivity index (χ3v) is 5.88. The Labute approximate surface area is 172 Å². The lowest BCUT2D eigenvalue weighted by atomic mass is 10.1. The maximum atomic E-state index is 13.0. The number of halogens is 1. The second-order valence-corrected chi connectivity index (χ2v) is 8.92. The van der Waals surface area contributed by atoms with Crippen LogP contribution in [0, 0.1) is 5.92 Å². The summed E-state index contributed by atoms with van der Waals surface area (Å²) < 4.78 is 1.62. The maximum Gasteiger partial charge on any atom is 0.324 e. The Morgan fingerprint density at radius 1 is 1.32 bits per heavy atom. The number of hydrogen-bond donors (Lipinski definition) is 1. The molecule has 150 valence electrons. The molecule has 1 fully saturated rings. The van der Waals surface area contributed by atoms with Gasteiger partial charge in [-0.15, -0.1) is 0 Å². The van der Waals surface area contributed by atoms with Crippen LogP contribution in [0.2, 0.25) is 5.02 Å². The lowest BCUT2D eigenvalue weighted by Crippen LogP contribution is -2.39. The van der Waals surface area contributed by atoms with E-state index in [2.05, 4.69) is 24.1 Å².